The molecule has 0 saturated heterocycles. The summed E-state index contributed by atoms with van der Waals surface area (Å²) in [6.07, 6.45) is 4.58. The van der Waals surface area contributed by atoms with Crippen molar-refractivity contribution in [2.45, 2.75) is 32.7 Å². The average molecular weight is 192 g/mol. The maximum absolute atomic E-state index is 11.2. The van der Waals surface area contributed by atoms with E-state index in [0.717, 1.165) is 12.1 Å². The summed E-state index contributed by atoms with van der Waals surface area (Å²) >= 11 is 0. The van der Waals surface area contributed by atoms with Crippen LogP contribution in [0.2, 0.25) is 0 Å². The summed E-state index contributed by atoms with van der Waals surface area (Å²) in [5, 5.41) is 0. The van der Waals surface area contributed by atoms with Crippen LogP contribution in [0, 0.1) is 0 Å². The van der Waals surface area contributed by atoms with Crippen molar-refractivity contribution in [3.05, 3.63) is 12.2 Å². The number of allylic oxidation sites excluding steroid dienone is 1. The van der Waals surface area contributed by atoms with Crippen molar-refractivity contribution in [3.8, 4) is 0 Å². The van der Waals surface area contributed by atoms with E-state index >= 15 is 0 Å². The largest absolute Gasteiger partial charge is 0.295 e. The number of nitrogens with zero attached hydrogens (tertiary/aromatic N) is 2. The van der Waals surface area contributed by atoms with E-state index in [-0.39, 0.29) is 11.3 Å². The lowest BCUT2D eigenvalue weighted by atomic mass is 9.90. The van der Waals surface area contributed by atoms with Gasteiger partial charge in [-0.25, -0.2) is 0 Å². The van der Waals surface area contributed by atoms with Crippen molar-refractivity contribution in [1.82, 2.24) is 0 Å². The number of carbonyl (C=O) groups excluding carboxylic acids is 1. The first-order chi connectivity index (χ1) is 6.49. The van der Waals surface area contributed by atoms with Crippen molar-refractivity contribution < 1.29 is 4.79 Å². The van der Waals surface area contributed by atoms with Gasteiger partial charge in [-0.15, -0.1) is 0 Å². The number of dihydropyridines is 1. The number of carbonyl (C=O) groups is 1. The second-order valence-corrected chi connectivity index (χ2v) is 3.74. The summed E-state index contributed by atoms with van der Waals surface area (Å²) in [5.74, 6) is 0.0103. The van der Waals surface area contributed by atoms with Gasteiger partial charge in [0.25, 0.3) is 0 Å². The van der Waals surface area contributed by atoms with Crippen molar-refractivity contribution in [3.63, 3.8) is 0 Å². The number of hydrogen-bond donors (Lipinski definition) is 0. The molecule has 1 atom stereocenters. The predicted molar refractivity (Wildman–Crippen MR) is 59.3 cm³/mol. The van der Waals surface area contributed by atoms with Crippen LogP contribution in [0.5, 0.6) is 0 Å². The van der Waals surface area contributed by atoms with Gasteiger partial charge in [-0.3, -0.25) is 14.8 Å². The molecule has 0 spiro atoms. The topological polar surface area (TPSA) is 41.8 Å². The Labute approximate surface area is 84.6 Å². The van der Waals surface area contributed by atoms with E-state index in [4.69, 9.17) is 0 Å². The molecule has 0 aromatic heterocycles. The number of Topliss-reactive ketones (excluding diaryl/α,β-unsaturated/α-hetero) is 1. The minimum absolute atomic E-state index is 0.0103. The third-order valence-electron chi connectivity index (χ3n) is 2.63. The molecule has 3 heteroatoms. The fraction of sp³-hybridized carbons (Fsp3) is 0.545. The molecule has 0 saturated carbocycles. The average Bonchev–Trinajstić information content (AvgIpc) is 2.16. The molecule has 0 fully saturated rings. The molecule has 3 nitrogen and oxygen atoms in total. The minimum Gasteiger partial charge on any atom is -0.295 e. The van der Waals surface area contributed by atoms with Crippen molar-refractivity contribution in [2.75, 3.05) is 7.05 Å². The van der Waals surface area contributed by atoms with Gasteiger partial charge >= 0.3 is 0 Å². The van der Waals surface area contributed by atoms with Crippen LogP contribution in [0.25, 0.3) is 0 Å². The molecule has 76 valence electrons. The Morgan fingerprint density at radius 2 is 2.21 bits per heavy atom. The predicted octanol–water partition coefficient (Wildman–Crippen LogP) is 1.83. The summed E-state index contributed by atoms with van der Waals surface area (Å²) in [6.45, 7) is 5.48. The molecule has 0 aromatic carbocycles. The summed E-state index contributed by atoms with van der Waals surface area (Å²) in [6, 6.07) is 0. The van der Waals surface area contributed by atoms with Gasteiger partial charge in [0.15, 0.2) is 5.78 Å². The molecule has 0 bridgehead atoms. The van der Waals surface area contributed by atoms with Crippen LogP contribution in [0.1, 0.15) is 27.2 Å². The van der Waals surface area contributed by atoms with E-state index in [0.29, 0.717) is 5.71 Å². The van der Waals surface area contributed by atoms with E-state index in [1.54, 1.807) is 13.1 Å². The maximum Gasteiger partial charge on any atom is 0.177 e. The van der Waals surface area contributed by atoms with Crippen LogP contribution < -0.4 is 0 Å². The zero-order chi connectivity index (χ0) is 10.8. The van der Waals surface area contributed by atoms with Crippen LogP contribution >= 0.6 is 0 Å². The second-order valence-electron chi connectivity index (χ2n) is 3.74. The van der Waals surface area contributed by atoms with Gasteiger partial charge in [0.05, 0.1) is 5.54 Å². The molecule has 0 amide bonds. The van der Waals surface area contributed by atoms with E-state index in [1.807, 2.05) is 19.9 Å². The van der Waals surface area contributed by atoms with E-state index < -0.39 is 0 Å². The highest BCUT2D eigenvalue weighted by molar-refractivity contribution is 6.44. The molecule has 0 aromatic rings. The monoisotopic (exact) mass is 192 g/mol. The third kappa shape index (κ3) is 1.97. The van der Waals surface area contributed by atoms with Gasteiger partial charge in [0.1, 0.15) is 5.71 Å². The number of hydrogen-bond acceptors (Lipinski definition) is 3. The fourth-order valence-corrected chi connectivity index (χ4v) is 1.41. The smallest absolute Gasteiger partial charge is 0.177 e. The molecule has 1 aliphatic heterocycles. The molecule has 14 heavy (non-hydrogen) atoms. The molecule has 0 radical (unpaired) electrons. The maximum atomic E-state index is 11.2. The molecular formula is C11H16N2O. The lowest BCUT2D eigenvalue weighted by Crippen LogP contribution is -2.35. The zero-order valence-electron chi connectivity index (χ0n) is 9.16. The minimum atomic E-state index is -0.329. The van der Waals surface area contributed by atoms with Crippen LogP contribution in [-0.4, -0.2) is 29.8 Å². The van der Waals surface area contributed by atoms with Crippen LogP contribution in [0.3, 0.4) is 0 Å². The Bertz CT molecular complexity index is 339. The lowest BCUT2D eigenvalue weighted by Gasteiger charge is -2.26. The van der Waals surface area contributed by atoms with Crippen molar-refractivity contribution in [2.24, 2.45) is 9.98 Å². The van der Waals surface area contributed by atoms with Crippen LogP contribution in [0.15, 0.2) is 22.1 Å². The molecule has 1 aliphatic rings. The van der Waals surface area contributed by atoms with Gasteiger partial charge in [-0.1, -0.05) is 6.08 Å². The summed E-state index contributed by atoms with van der Waals surface area (Å²) in [4.78, 5) is 19.8. The highest BCUT2D eigenvalue weighted by atomic mass is 16.1. The number of ketones is 1. The molecule has 1 heterocycles. The van der Waals surface area contributed by atoms with E-state index in [1.165, 1.54) is 6.92 Å². The highest BCUT2D eigenvalue weighted by Crippen LogP contribution is 2.22. The van der Waals surface area contributed by atoms with Gasteiger partial charge in [-0.2, -0.15) is 0 Å². The highest BCUT2D eigenvalue weighted by Gasteiger charge is 2.28. The van der Waals surface area contributed by atoms with Crippen molar-refractivity contribution in [1.29, 1.82) is 0 Å². The Morgan fingerprint density at radius 1 is 1.57 bits per heavy atom. The van der Waals surface area contributed by atoms with Gasteiger partial charge in [0.2, 0.25) is 0 Å². The van der Waals surface area contributed by atoms with Gasteiger partial charge in [-0.05, 0) is 26.3 Å². The SMILES string of the molecule is CN=C(C)C1(C)CC=CC(C(C)=O)=N1. The second kappa shape index (κ2) is 3.86. The van der Waals surface area contributed by atoms with Gasteiger partial charge < -0.3 is 0 Å². The summed E-state index contributed by atoms with van der Waals surface area (Å²) in [7, 11) is 1.75. The first-order valence-corrected chi connectivity index (χ1v) is 4.71. The van der Waals surface area contributed by atoms with Crippen LogP contribution in [-0.2, 0) is 4.79 Å². The Balaban J connectivity index is 3.06. The van der Waals surface area contributed by atoms with Gasteiger partial charge in [0, 0.05) is 19.7 Å². The standard InChI is InChI=1S/C11H16N2O/c1-8(14)10-6-5-7-11(3,13-10)9(2)12-4/h5-6H,7H2,1-4H3. The number of aliphatic imine (C=N–C) groups is 2. The number of rotatable bonds is 2. The Morgan fingerprint density at radius 3 is 2.71 bits per heavy atom. The quantitative estimate of drug-likeness (QED) is 0.615. The van der Waals surface area contributed by atoms with E-state index in [9.17, 15) is 4.79 Å². The molecule has 1 unspecified atom stereocenters. The van der Waals surface area contributed by atoms with Crippen molar-refractivity contribution >= 4 is 17.2 Å². The first kappa shape index (κ1) is 10.8. The zero-order valence-corrected chi connectivity index (χ0v) is 9.16. The third-order valence-corrected chi connectivity index (χ3v) is 2.63. The molecule has 0 aliphatic carbocycles. The molecular weight excluding hydrogens is 176 g/mol. The molecule has 1 rings (SSSR count). The normalized spacial score (nSPS) is 27.4. The van der Waals surface area contributed by atoms with E-state index in [2.05, 4.69) is 9.98 Å². The lowest BCUT2D eigenvalue weighted by molar-refractivity contribution is -0.111. The Hall–Kier alpha value is -1.25. The fourth-order valence-electron chi connectivity index (χ4n) is 1.41. The van der Waals surface area contributed by atoms with Crippen LogP contribution in [0.4, 0.5) is 0 Å². The summed E-state index contributed by atoms with van der Waals surface area (Å²) in [5.41, 5.74) is 1.17. The Kier molecular flexibility index (Phi) is 2.99. The molecule has 0 N–H and O–H groups in total. The first-order valence-electron chi connectivity index (χ1n) is 4.71. The summed E-state index contributed by atoms with van der Waals surface area (Å²) < 4.78 is 0.